The molecule has 0 atom stereocenters. The number of rotatable bonds is 2. The Kier molecular flexibility index (Phi) is 3.37. The molecular weight excluding hydrogens is 283 g/mol. The molecule has 110 valence electrons. The van der Waals surface area contributed by atoms with Crippen LogP contribution in [0, 0.1) is 0 Å². The monoisotopic (exact) mass is 295 g/mol. The summed E-state index contributed by atoms with van der Waals surface area (Å²) in [7, 11) is 0. The number of anilines is 2. The van der Waals surface area contributed by atoms with Gasteiger partial charge in [0.25, 0.3) is 0 Å². The fourth-order valence-corrected chi connectivity index (χ4v) is 2.06. The van der Waals surface area contributed by atoms with Gasteiger partial charge < -0.3 is 14.8 Å². The van der Waals surface area contributed by atoms with Crippen LogP contribution in [-0.2, 0) is 6.18 Å². The summed E-state index contributed by atoms with van der Waals surface area (Å²) in [5.74, 6) is 1.22. The summed E-state index contributed by atoms with van der Waals surface area (Å²) >= 11 is 0. The SMILES string of the molecule is FC(F)(F)c1cccc(Nc2ccc3c(c2)OCCO3)c1. The second kappa shape index (κ2) is 5.20. The number of hydrogen-bond donors (Lipinski definition) is 1. The third-order valence-electron chi connectivity index (χ3n) is 3.02. The molecule has 21 heavy (non-hydrogen) atoms. The standard InChI is InChI=1S/C15H12F3NO2/c16-15(17,18)10-2-1-3-11(8-10)19-12-4-5-13-14(9-12)21-7-6-20-13/h1-5,8-9,19H,6-7H2. The Labute approximate surface area is 119 Å². The lowest BCUT2D eigenvalue weighted by Gasteiger charge is -2.19. The van der Waals surface area contributed by atoms with Crippen LogP contribution in [0.3, 0.4) is 0 Å². The second-order valence-corrected chi connectivity index (χ2v) is 4.56. The van der Waals surface area contributed by atoms with E-state index in [1.807, 2.05) is 0 Å². The van der Waals surface area contributed by atoms with E-state index in [1.54, 1.807) is 24.3 Å². The Balaban J connectivity index is 1.83. The van der Waals surface area contributed by atoms with Gasteiger partial charge in [0, 0.05) is 17.4 Å². The number of hydrogen-bond acceptors (Lipinski definition) is 3. The molecule has 0 amide bonds. The lowest BCUT2D eigenvalue weighted by atomic mass is 10.2. The molecule has 3 rings (SSSR count). The molecule has 1 aliphatic rings. The first-order valence-corrected chi connectivity index (χ1v) is 6.36. The van der Waals surface area contributed by atoms with Crippen molar-refractivity contribution in [3.63, 3.8) is 0 Å². The van der Waals surface area contributed by atoms with Gasteiger partial charge in [-0.1, -0.05) is 6.07 Å². The molecule has 1 heterocycles. The van der Waals surface area contributed by atoms with Gasteiger partial charge >= 0.3 is 6.18 Å². The molecule has 0 aliphatic carbocycles. The predicted molar refractivity (Wildman–Crippen MR) is 72.2 cm³/mol. The van der Waals surface area contributed by atoms with Gasteiger partial charge in [-0.15, -0.1) is 0 Å². The molecule has 0 fully saturated rings. The average Bonchev–Trinajstić information content (AvgIpc) is 2.46. The summed E-state index contributed by atoms with van der Waals surface area (Å²) in [6.07, 6.45) is -4.36. The van der Waals surface area contributed by atoms with Crippen LogP contribution in [0.5, 0.6) is 11.5 Å². The number of ether oxygens (including phenoxy) is 2. The van der Waals surface area contributed by atoms with Crippen molar-refractivity contribution >= 4 is 11.4 Å². The van der Waals surface area contributed by atoms with Crippen LogP contribution in [0.2, 0.25) is 0 Å². The molecule has 6 heteroatoms. The Morgan fingerprint density at radius 3 is 2.33 bits per heavy atom. The molecule has 2 aromatic rings. The molecule has 0 aromatic heterocycles. The van der Waals surface area contributed by atoms with Gasteiger partial charge in [0.2, 0.25) is 0 Å². The molecular formula is C15H12F3NO2. The summed E-state index contributed by atoms with van der Waals surface area (Å²) in [6.45, 7) is 0.952. The first-order valence-electron chi connectivity index (χ1n) is 6.36. The van der Waals surface area contributed by atoms with Crippen molar-refractivity contribution in [1.82, 2.24) is 0 Å². The Morgan fingerprint density at radius 1 is 0.857 bits per heavy atom. The third-order valence-corrected chi connectivity index (χ3v) is 3.02. The highest BCUT2D eigenvalue weighted by molar-refractivity contribution is 5.64. The van der Waals surface area contributed by atoms with Gasteiger partial charge in [-0.25, -0.2) is 0 Å². The molecule has 0 bridgehead atoms. The summed E-state index contributed by atoms with van der Waals surface area (Å²) in [6, 6.07) is 10.2. The largest absolute Gasteiger partial charge is 0.486 e. The smallest absolute Gasteiger partial charge is 0.416 e. The molecule has 0 saturated carbocycles. The number of alkyl halides is 3. The Bertz CT molecular complexity index is 656. The zero-order valence-electron chi connectivity index (χ0n) is 10.9. The van der Waals surface area contributed by atoms with Crippen LogP contribution in [0.1, 0.15) is 5.56 Å². The Morgan fingerprint density at radius 2 is 1.57 bits per heavy atom. The predicted octanol–water partition coefficient (Wildman–Crippen LogP) is 4.22. The van der Waals surface area contributed by atoms with Crippen molar-refractivity contribution in [3.05, 3.63) is 48.0 Å². The lowest BCUT2D eigenvalue weighted by Crippen LogP contribution is -2.15. The molecule has 0 saturated heterocycles. The van der Waals surface area contributed by atoms with Gasteiger partial charge in [0.05, 0.1) is 5.56 Å². The van der Waals surface area contributed by atoms with Gasteiger partial charge in [0.1, 0.15) is 13.2 Å². The molecule has 3 nitrogen and oxygen atoms in total. The molecule has 0 spiro atoms. The Hall–Kier alpha value is -2.37. The van der Waals surface area contributed by atoms with Crippen molar-refractivity contribution in [1.29, 1.82) is 0 Å². The van der Waals surface area contributed by atoms with Crippen molar-refractivity contribution in [2.75, 3.05) is 18.5 Å². The van der Waals surface area contributed by atoms with Crippen LogP contribution in [0.4, 0.5) is 24.5 Å². The molecule has 1 N–H and O–H groups in total. The van der Waals surface area contributed by atoms with Crippen molar-refractivity contribution in [2.24, 2.45) is 0 Å². The first kappa shape index (κ1) is 13.6. The average molecular weight is 295 g/mol. The summed E-state index contributed by atoms with van der Waals surface area (Å²) < 4.78 is 48.8. The van der Waals surface area contributed by atoms with Gasteiger partial charge in [-0.2, -0.15) is 13.2 Å². The number of benzene rings is 2. The minimum absolute atomic E-state index is 0.363. The summed E-state index contributed by atoms with van der Waals surface area (Å²) in [5.41, 5.74) is 0.310. The summed E-state index contributed by atoms with van der Waals surface area (Å²) in [4.78, 5) is 0. The summed E-state index contributed by atoms with van der Waals surface area (Å²) in [5, 5.41) is 2.93. The molecule has 0 radical (unpaired) electrons. The van der Waals surface area contributed by atoms with E-state index in [-0.39, 0.29) is 0 Å². The highest BCUT2D eigenvalue weighted by Crippen LogP contribution is 2.35. The minimum Gasteiger partial charge on any atom is -0.486 e. The highest BCUT2D eigenvalue weighted by Gasteiger charge is 2.30. The van der Waals surface area contributed by atoms with Crippen LogP contribution >= 0.6 is 0 Å². The van der Waals surface area contributed by atoms with E-state index in [4.69, 9.17) is 9.47 Å². The van der Waals surface area contributed by atoms with E-state index in [0.717, 1.165) is 12.1 Å². The fraction of sp³-hybridized carbons (Fsp3) is 0.200. The quantitative estimate of drug-likeness (QED) is 0.899. The fourth-order valence-electron chi connectivity index (χ4n) is 2.06. The van der Waals surface area contributed by atoms with Crippen molar-refractivity contribution in [2.45, 2.75) is 6.18 Å². The maximum absolute atomic E-state index is 12.7. The normalized spacial score (nSPS) is 13.9. The zero-order chi connectivity index (χ0) is 14.9. The van der Waals surface area contributed by atoms with E-state index in [2.05, 4.69) is 5.32 Å². The maximum Gasteiger partial charge on any atom is 0.416 e. The van der Waals surface area contributed by atoms with Gasteiger partial charge in [-0.05, 0) is 30.3 Å². The minimum atomic E-state index is -4.36. The van der Waals surface area contributed by atoms with Crippen molar-refractivity contribution in [3.8, 4) is 11.5 Å². The van der Waals surface area contributed by atoms with Crippen LogP contribution in [0.25, 0.3) is 0 Å². The van der Waals surface area contributed by atoms with Crippen LogP contribution in [0.15, 0.2) is 42.5 Å². The topological polar surface area (TPSA) is 30.5 Å². The first-order chi connectivity index (χ1) is 10.0. The molecule has 2 aromatic carbocycles. The van der Waals surface area contributed by atoms with Gasteiger partial charge in [-0.3, -0.25) is 0 Å². The van der Waals surface area contributed by atoms with E-state index in [1.165, 1.54) is 6.07 Å². The number of halogens is 3. The van der Waals surface area contributed by atoms with E-state index in [0.29, 0.717) is 36.1 Å². The third kappa shape index (κ3) is 3.04. The van der Waals surface area contributed by atoms with E-state index in [9.17, 15) is 13.2 Å². The second-order valence-electron chi connectivity index (χ2n) is 4.56. The molecule has 1 aliphatic heterocycles. The lowest BCUT2D eigenvalue weighted by molar-refractivity contribution is -0.137. The maximum atomic E-state index is 12.7. The van der Waals surface area contributed by atoms with Crippen LogP contribution < -0.4 is 14.8 Å². The molecule has 0 unspecified atom stereocenters. The van der Waals surface area contributed by atoms with E-state index < -0.39 is 11.7 Å². The number of nitrogens with one attached hydrogen (secondary N) is 1. The van der Waals surface area contributed by atoms with Crippen molar-refractivity contribution < 1.29 is 22.6 Å². The van der Waals surface area contributed by atoms with E-state index >= 15 is 0 Å². The van der Waals surface area contributed by atoms with Crippen LogP contribution in [-0.4, -0.2) is 13.2 Å². The number of fused-ring (bicyclic) bond motifs is 1. The highest BCUT2D eigenvalue weighted by atomic mass is 19.4. The van der Waals surface area contributed by atoms with Gasteiger partial charge in [0.15, 0.2) is 11.5 Å². The zero-order valence-corrected chi connectivity index (χ0v) is 10.9.